The summed E-state index contributed by atoms with van der Waals surface area (Å²) in [5, 5.41) is 11.6. The maximum atomic E-state index is 11.8. The van der Waals surface area contributed by atoms with Crippen LogP contribution in [0.1, 0.15) is 23.7 Å². The number of benzene rings is 1. The van der Waals surface area contributed by atoms with Gasteiger partial charge in [0.25, 0.3) is 5.91 Å². The van der Waals surface area contributed by atoms with E-state index in [1.54, 1.807) is 18.2 Å². The average Bonchev–Trinajstić information content (AvgIpc) is 2.26. The number of anilines is 1. The number of hydrogen-bond acceptors (Lipinski definition) is 3. The molecule has 0 bridgehead atoms. The van der Waals surface area contributed by atoms with E-state index in [0.717, 1.165) is 4.47 Å². The Morgan fingerprint density at radius 1 is 1.59 bits per heavy atom. The number of aliphatic hydroxyl groups excluding tert-OH is 1. The molecule has 0 spiro atoms. The smallest absolute Gasteiger partial charge is 0.253 e. The van der Waals surface area contributed by atoms with Gasteiger partial charge in [0.05, 0.1) is 5.56 Å². The molecule has 4 N–H and O–H groups in total. The summed E-state index contributed by atoms with van der Waals surface area (Å²) in [4.78, 5) is 11.8. The van der Waals surface area contributed by atoms with E-state index in [1.807, 2.05) is 6.92 Å². The van der Waals surface area contributed by atoms with Gasteiger partial charge in [-0.15, -0.1) is 0 Å². The number of carbonyl (C=O) groups excluding carboxylic acids is 1. The number of nitrogen functional groups attached to an aromatic ring is 1. The van der Waals surface area contributed by atoms with Crippen LogP contribution in [-0.2, 0) is 0 Å². The maximum Gasteiger partial charge on any atom is 0.253 e. The summed E-state index contributed by atoms with van der Waals surface area (Å²) in [6, 6.07) is 5.17. The first-order valence-electron chi connectivity index (χ1n) is 5.48. The molecule has 5 heteroatoms. The number of aliphatic hydroxyl groups is 1. The fourth-order valence-corrected chi connectivity index (χ4v) is 1.80. The molecule has 1 aromatic rings. The van der Waals surface area contributed by atoms with Crippen molar-refractivity contribution in [2.24, 2.45) is 5.92 Å². The predicted octanol–water partition coefficient (Wildman–Crippen LogP) is 1.78. The number of carbonyl (C=O) groups is 1. The third-order valence-electron chi connectivity index (χ3n) is 2.49. The van der Waals surface area contributed by atoms with Gasteiger partial charge in [0, 0.05) is 23.3 Å². The van der Waals surface area contributed by atoms with Gasteiger partial charge in [-0.25, -0.2) is 0 Å². The van der Waals surface area contributed by atoms with Crippen LogP contribution >= 0.6 is 15.9 Å². The second-order valence-electron chi connectivity index (χ2n) is 4.06. The molecule has 1 atom stereocenters. The number of nitrogens with one attached hydrogen (secondary N) is 1. The molecule has 4 nitrogen and oxygen atoms in total. The third kappa shape index (κ3) is 4.36. The highest BCUT2D eigenvalue weighted by atomic mass is 79.9. The van der Waals surface area contributed by atoms with Crippen LogP contribution in [-0.4, -0.2) is 24.2 Å². The van der Waals surface area contributed by atoms with Crippen LogP contribution < -0.4 is 11.1 Å². The SMILES string of the molecule is CC(CCO)CNC(=O)c1ccc(Br)cc1N. The van der Waals surface area contributed by atoms with Gasteiger partial charge in [0.2, 0.25) is 0 Å². The van der Waals surface area contributed by atoms with Crippen molar-refractivity contribution in [2.45, 2.75) is 13.3 Å². The van der Waals surface area contributed by atoms with E-state index >= 15 is 0 Å². The largest absolute Gasteiger partial charge is 0.398 e. The Labute approximate surface area is 109 Å². The molecule has 0 aliphatic carbocycles. The van der Waals surface area contributed by atoms with Crippen LogP contribution in [0.15, 0.2) is 22.7 Å². The van der Waals surface area contributed by atoms with Crippen molar-refractivity contribution in [1.29, 1.82) is 0 Å². The number of rotatable bonds is 5. The first kappa shape index (κ1) is 14.0. The molecule has 1 rings (SSSR count). The lowest BCUT2D eigenvalue weighted by molar-refractivity contribution is 0.0946. The highest BCUT2D eigenvalue weighted by Crippen LogP contribution is 2.18. The summed E-state index contributed by atoms with van der Waals surface area (Å²) in [5.41, 5.74) is 6.68. The Bertz CT molecular complexity index is 396. The molecule has 0 heterocycles. The first-order valence-corrected chi connectivity index (χ1v) is 6.28. The lowest BCUT2D eigenvalue weighted by Gasteiger charge is -2.12. The van der Waals surface area contributed by atoms with E-state index in [0.29, 0.717) is 24.2 Å². The van der Waals surface area contributed by atoms with Crippen molar-refractivity contribution in [3.05, 3.63) is 28.2 Å². The zero-order chi connectivity index (χ0) is 12.8. The fraction of sp³-hybridized carbons (Fsp3) is 0.417. The van der Waals surface area contributed by atoms with E-state index in [2.05, 4.69) is 21.2 Å². The van der Waals surface area contributed by atoms with Crippen molar-refractivity contribution >= 4 is 27.5 Å². The summed E-state index contributed by atoms with van der Waals surface area (Å²) in [7, 11) is 0. The standard InChI is InChI=1S/C12H17BrN2O2/c1-8(4-5-16)7-15-12(17)10-3-2-9(13)6-11(10)14/h2-3,6,8,16H,4-5,7,14H2,1H3,(H,15,17). The van der Waals surface area contributed by atoms with Crippen LogP contribution in [0.4, 0.5) is 5.69 Å². The summed E-state index contributed by atoms with van der Waals surface area (Å²) >= 11 is 3.29. The van der Waals surface area contributed by atoms with E-state index in [4.69, 9.17) is 10.8 Å². The number of halogens is 1. The second-order valence-corrected chi connectivity index (χ2v) is 4.97. The average molecular weight is 301 g/mol. The molecule has 0 saturated heterocycles. The fourth-order valence-electron chi connectivity index (χ4n) is 1.42. The Balaban J connectivity index is 2.58. The van der Waals surface area contributed by atoms with E-state index in [9.17, 15) is 4.79 Å². The minimum atomic E-state index is -0.181. The zero-order valence-corrected chi connectivity index (χ0v) is 11.3. The van der Waals surface area contributed by atoms with Gasteiger partial charge in [-0.1, -0.05) is 22.9 Å². The summed E-state index contributed by atoms with van der Waals surface area (Å²) in [6.45, 7) is 2.65. The van der Waals surface area contributed by atoms with Crippen LogP contribution in [0.3, 0.4) is 0 Å². The predicted molar refractivity (Wildman–Crippen MR) is 71.8 cm³/mol. The number of nitrogens with two attached hydrogens (primary N) is 1. The molecule has 1 aromatic carbocycles. The highest BCUT2D eigenvalue weighted by molar-refractivity contribution is 9.10. The van der Waals surface area contributed by atoms with Crippen LogP contribution in [0.5, 0.6) is 0 Å². The molecule has 0 saturated carbocycles. The van der Waals surface area contributed by atoms with Gasteiger partial charge in [-0.05, 0) is 30.5 Å². The maximum absolute atomic E-state index is 11.8. The van der Waals surface area contributed by atoms with Crippen molar-refractivity contribution in [2.75, 3.05) is 18.9 Å². The second kappa shape index (κ2) is 6.61. The van der Waals surface area contributed by atoms with Gasteiger partial charge in [-0.3, -0.25) is 4.79 Å². The summed E-state index contributed by atoms with van der Waals surface area (Å²) in [5.74, 6) is 0.0698. The quantitative estimate of drug-likeness (QED) is 0.726. The molecule has 0 radical (unpaired) electrons. The molecular formula is C12H17BrN2O2. The normalized spacial score (nSPS) is 12.2. The zero-order valence-electron chi connectivity index (χ0n) is 9.74. The molecule has 1 amide bonds. The van der Waals surface area contributed by atoms with E-state index < -0.39 is 0 Å². The van der Waals surface area contributed by atoms with Gasteiger partial charge in [-0.2, -0.15) is 0 Å². The first-order chi connectivity index (χ1) is 8.04. The van der Waals surface area contributed by atoms with Gasteiger partial charge in [0.1, 0.15) is 0 Å². The van der Waals surface area contributed by atoms with Crippen molar-refractivity contribution in [3.63, 3.8) is 0 Å². The Hall–Kier alpha value is -1.07. The van der Waals surface area contributed by atoms with Crippen LogP contribution in [0.25, 0.3) is 0 Å². The van der Waals surface area contributed by atoms with Crippen molar-refractivity contribution in [3.8, 4) is 0 Å². The minimum absolute atomic E-state index is 0.136. The van der Waals surface area contributed by atoms with Gasteiger partial charge >= 0.3 is 0 Å². The molecule has 17 heavy (non-hydrogen) atoms. The molecule has 0 aliphatic rings. The Morgan fingerprint density at radius 2 is 2.29 bits per heavy atom. The lowest BCUT2D eigenvalue weighted by Crippen LogP contribution is -2.29. The molecule has 0 aromatic heterocycles. The molecule has 0 fully saturated rings. The Kier molecular flexibility index (Phi) is 5.44. The monoisotopic (exact) mass is 300 g/mol. The van der Waals surface area contributed by atoms with Crippen molar-refractivity contribution < 1.29 is 9.90 Å². The van der Waals surface area contributed by atoms with Crippen LogP contribution in [0, 0.1) is 5.92 Å². The summed E-state index contributed by atoms with van der Waals surface area (Å²) < 4.78 is 0.847. The van der Waals surface area contributed by atoms with Gasteiger partial charge < -0.3 is 16.2 Å². The third-order valence-corrected chi connectivity index (χ3v) is 2.98. The van der Waals surface area contributed by atoms with E-state index in [1.165, 1.54) is 0 Å². The Morgan fingerprint density at radius 3 is 2.88 bits per heavy atom. The molecule has 1 unspecified atom stereocenters. The number of hydrogen-bond donors (Lipinski definition) is 3. The van der Waals surface area contributed by atoms with Crippen molar-refractivity contribution in [1.82, 2.24) is 5.32 Å². The summed E-state index contributed by atoms with van der Waals surface area (Å²) in [6.07, 6.45) is 0.677. The molecule has 94 valence electrons. The molecule has 0 aliphatic heterocycles. The number of amides is 1. The van der Waals surface area contributed by atoms with Gasteiger partial charge in [0.15, 0.2) is 0 Å². The van der Waals surface area contributed by atoms with E-state index in [-0.39, 0.29) is 18.4 Å². The highest BCUT2D eigenvalue weighted by Gasteiger charge is 2.10. The minimum Gasteiger partial charge on any atom is -0.398 e. The van der Waals surface area contributed by atoms with Crippen LogP contribution in [0.2, 0.25) is 0 Å². The molecular weight excluding hydrogens is 284 g/mol. The lowest BCUT2D eigenvalue weighted by atomic mass is 10.1. The topological polar surface area (TPSA) is 75.3 Å².